The Labute approximate surface area is 236 Å². The highest BCUT2D eigenvalue weighted by Crippen LogP contribution is 2.13. The van der Waals surface area contributed by atoms with Crippen molar-refractivity contribution in [2.24, 2.45) is 0 Å². The molecule has 1 fully saturated rings. The smallest absolute Gasteiger partial charge is 0.234 e. The number of nitrogens with one attached hydrogen (secondary N) is 1. The molecule has 1 saturated heterocycles. The molecule has 1 aliphatic heterocycles. The van der Waals surface area contributed by atoms with Gasteiger partial charge < -0.3 is 35.0 Å². The lowest BCUT2D eigenvalue weighted by Gasteiger charge is -2.34. The molecule has 0 radical (unpaired) electrons. The van der Waals surface area contributed by atoms with Crippen molar-refractivity contribution >= 4 is 23.8 Å². The normalized spacial score (nSPS) is 16.8. The standard InChI is InChI=1S/C25H35N9O7/c35-21(26-13-19-1-3-20(4-2-19)25-29-27-18-28-30-25)14-31-5-7-32(15-22(36)37)9-11-34(17-24(40)41)12-10-33(8-6-31)16-23(38)39/h1-4,18H,5-17H2,(H,26,35)(H,36,37)(H,38,39)(H,40,41)/p-3. The van der Waals surface area contributed by atoms with Gasteiger partial charge in [-0.2, -0.15) is 0 Å². The highest BCUT2D eigenvalue weighted by atomic mass is 16.4. The molecule has 222 valence electrons. The zero-order valence-electron chi connectivity index (χ0n) is 22.5. The van der Waals surface area contributed by atoms with Crippen molar-refractivity contribution in [1.82, 2.24) is 45.3 Å². The summed E-state index contributed by atoms with van der Waals surface area (Å²) in [6, 6.07) is 7.23. The average Bonchev–Trinajstić information content (AvgIpc) is 2.93. The summed E-state index contributed by atoms with van der Waals surface area (Å²) >= 11 is 0. The molecule has 16 nitrogen and oxygen atoms in total. The second-order valence-electron chi connectivity index (χ2n) is 9.56. The first-order chi connectivity index (χ1) is 19.7. The van der Waals surface area contributed by atoms with Crippen molar-refractivity contribution in [3.05, 3.63) is 36.2 Å². The van der Waals surface area contributed by atoms with E-state index in [1.54, 1.807) is 26.8 Å². The van der Waals surface area contributed by atoms with Crippen LogP contribution >= 0.6 is 0 Å². The van der Waals surface area contributed by atoms with E-state index in [2.05, 4.69) is 25.7 Å². The van der Waals surface area contributed by atoms with Gasteiger partial charge in [-0.1, -0.05) is 24.3 Å². The largest absolute Gasteiger partial charge is 0.549 e. The van der Waals surface area contributed by atoms with Crippen LogP contribution in [0.15, 0.2) is 30.6 Å². The van der Waals surface area contributed by atoms with Gasteiger partial charge in [0.25, 0.3) is 0 Å². The summed E-state index contributed by atoms with van der Waals surface area (Å²) in [5, 5.41) is 51.9. The highest BCUT2D eigenvalue weighted by molar-refractivity contribution is 5.78. The van der Waals surface area contributed by atoms with Crippen LogP contribution < -0.4 is 20.6 Å². The minimum atomic E-state index is -1.29. The van der Waals surface area contributed by atoms with Gasteiger partial charge in [0.1, 0.15) is 0 Å². The summed E-state index contributed by atoms with van der Waals surface area (Å²) in [6.07, 6.45) is 1.24. The predicted octanol–water partition coefficient (Wildman–Crippen LogP) is -5.98. The predicted molar refractivity (Wildman–Crippen MR) is 136 cm³/mol. The van der Waals surface area contributed by atoms with Crippen molar-refractivity contribution in [2.45, 2.75) is 6.54 Å². The second kappa shape index (κ2) is 16.2. The maximum absolute atomic E-state index is 12.8. The highest BCUT2D eigenvalue weighted by Gasteiger charge is 2.18. The van der Waals surface area contributed by atoms with Gasteiger partial charge in [-0.3, -0.25) is 24.4 Å². The van der Waals surface area contributed by atoms with E-state index in [9.17, 15) is 34.5 Å². The summed E-state index contributed by atoms with van der Waals surface area (Å²) in [5.41, 5.74) is 1.57. The third kappa shape index (κ3) is 11.9. The van der Waals surface area contributed by atoms with Crippen LogP contribution in [-0.4, -0.2) is 142 Å². The number of aromatic nitrogens is 4. The molecule has 1 aliphatic rings. The molecule has 2 heterocycles. The summed E-state index contributed by atoms with van der Waals surface area (Å²) in [6.45, 7) is 1.27. The molecular weight excluding hydrogens is 538 g/mol. The third-order valence-electron chi connectivity index (χ3n) is 6.47. The molecule has 0 bridgehead atoms. The number of hydrogen-bond donors (Lipinski definition) is 1. The molecule has 3 rings (SSSR count). The third-order valence-corrected chi connectivity index (χ3v) is 6.47. The Kier molecular flexibility index (Phi) is 12.4. The lowest BCUT2D eigenvalue weighted by atomic mass is 10.1. The first kappa shape index (κ1) is 31.4. The van der Waals surface area contributed by atoms with E-state index < -0.39 is 17.9 Å². The molecule has 0 saturated carbocycles. The quantitative estimate of drug-likeness (QED) is 0.266. The number of carbonyl (C=O) groups is 4. The zero-order valence-corrected chi connectivity index (χ0v) is 22.5. The molecule has 0 spiro atoms. The van der Waals surface area contributed by atoms with Crippen LogP contribution in [0.1, 0.15) is 5.56 Å². The average molecular weight is 571 g/mol. The van der Waals surface area contributed by atoms with Crippen molar-refractivity contribution < 1.29 is 34.5 Å². The topological polar surface area (TPSA) is 214 Å². The molecule has 0 unspecified atom stereocenters. The second-order valence-corrected chi connectivity index (χ2v) is 9.56. The monoisotopic (exact) mass is 570 g/mol. The lowest BCUT2D eigenvalue weighted by Crippen LogP contribution is -2.52. The first-order valence-corrected chi connectivity index (χ1v) is 13.0. The number of carbonyl (C=O) groups excluding carboxylic acids is 4. The van der Waals surface area contributed by atoms with Crippen molar-refractivity contribution in [3.8, 4) is 11.4 Å². The number of hydrogen-bond acceptors (Lipinski definition) is 15. The lowest BCUT2D eigenvalue weighted by molar-refractivity contribution is -0.308. The number of amides is 1. The Morgan fingerprint density at radius 2 is 1.02 bits per heavy atom. The van der Waals surface area contributed by atoms with Gasteiger partial charge in [0.05, 0.1) is 24.5 Å². The van der Waals surface area contributed by atoms with E-state index in [0.717, 1.165) is 11.1 Å². The Bertz CT molecular complexity index is 1120. The molecule has 1 N–H and O–H groups in total. The molecule has 1 aromatic heterocycles. The molecule has 0 aliphatic carbocycles. The summed E-state index contributed by atoms with van der Waals surface area (Å²) in [4.78, 5) is 53.2. The maximum Gasteiger partial charge on any atom is 0.234 e. The number of carboxylic acid groups (broad SMARTS) is 3. The van der Waals surface area contributed by atoms with Crippen molar-refractivity contribution in [1.29, 1.82) is 0 Å². The van der Waals surface area contributed by atoms with E-state index in [1.807, 2.05) is 17.0 Å². The fraction of sp³-hybridized carbons (Fsp3) is 0.520. The van der Waals surface area contributed by atoms with Gasteiger partial charge in [-0.25, -0.2) is 0 Å². The van der Waals surface area contributed by atoms with E-state index in [0.29, 0.717) is 18.9 Å². The molecule has 2 aromatic rings. The molecule has 1 aromatic carbocycles. The summed E-state index contributed by atoms with van der Waals surface area (Å²) in [5.74, 6) is -3.72. The fourth-order valence-corrected chi connectivity index (χ4v) is 4.31. The number of aliphatic carboxylic acids is 3. The van der Waals surface area contributed by atoms with Crippen LogP contribution in [0.5, 0.6) is 0 Å². The van der Waals surface area contributed by atoms with Gasteiger partial charge in [0.2, 0.25) is 11.7 Å². The van der Waals surface area contributed by atoms with Crippen LogP contribution in [0.25, 0.3) is 11.4 Å². The van der Waals surface area contributed by atoms with E-state index in [-0.39, 0.29) is 77.9 Å². The van der Waals surface area contributed by atoms with Crippen molar-refractivity contribution in [3.63, 3.8) is 0 Å². The van der Waals surface area contributed by atoms with Gasteiger partial charge in [-0.15, -0.1) is 20.4 Å². The van der Waals surface area contributed by atoms with Crippen LogP contribution in [0.3, 0.4) is 0 Å². The SMILES string of the molecule is O=C([O-])CN1CCN(CC(=O)[O-])CCN(CC(=O)NCc2ccc(-c3nncnn3)cc2)CCN(CC(=O)[O-])CC1. The molecule has 16 heteroatoms. The van der Waals surface area contributed by atoms with Gasteiger partial charge in [-0.05, 0) is 5.56 Å². The fourth-order valence-electron chi connectivity index (χ4n) is 4.31. The van der Waals surface area contributed by atoms with Gasteiger partial charge in [0, 0.05) is 84.1 Å². The number of nitrogens with zero attached hydrogens (tertiary/aromatic N) is 8. The zero-order chi connectivity index (χ0) is 29.6. The summed E-state index contributed by atoms with van der Waals surface area (Å²) < 4.78 is 0. The Hall–Kier alpha value is -4.12. The molecule has 41 heavy (non-hydrogen) atoms. The van der Waals surface area contributed by atoms with Gasteiger partial charge >= 0.3 is 0 Å². The van der Waals surface area contributed by atoms with Gasteiger partial charge in [0.15, 0.2) is 6.33 Å². The number of rotatable bonds is 11. The first-order valence-electron chi connectivity index (χ1n) is 13.0. The minimum absolute atomic E-state index is 0.00239. The van der Waals surface area contributed by atoms with Crippen molar-refractivity contribution in [2.75, 3.05) is 78.5 Å². The molecular formula is C25H32N9O7-3. The molecule has 1 amide bonds. The maximum atomic E-state index is 12.8. The van der Waals surface area contributed by atoms with E-state index >= 15 is 0 Å². The van der Waals surface area contributed by atoms with Crippen LogP contribution in [0.2, 0.25) is 0 Å². The Morgan fingerprint density at radius 3 is 1.41 bits per heavy atom. The summed E-state index contributed by atoms with van der Waals surface area (Å²) in [7, 11) is 0. The Morgan fingerprint density at radius 1 is 0.634 bits per heavy atom. The van der Waals surface area contributed by atoms with E-state index in [4.69, 9.17) is 0 Å². The minimum Gasteiger partial charge on any atom is -0.549 e. The van der Waals surface area contributed by atoms with Crippen LogP contribution in [-0.2, 0) is 25.7 Å². The molecule has 0 atom stereocenters. The van der Waals surface area contributed by atoms with Crippen LogP contribution in [0, 0.1) is 0 Å². The van der Waals surface area contributed by atoms with E-state index in [1.165, 1.54) is 6.33 Å². The number of carboxylic acids is 3. The number of benzene rings is 1. The van der Waals surface area contributed by atoms with Crippen LogP contribution in [0.4, 0.5) is 0 Å². The Balaban J connectivity index is 1.62.